The van der Waals surface area contributed by atoms with E-state index in [-0.39, 0.29) is 17.9 Å². The van der Waals surface area contributed by atoms with Crippen LogP contribution in [0.2, 0.25) is 5.02 Å². The molecule has 3 aromatic rings. The van der Waals surface area contributed by atoms with Gasteiger partial charge < -0.3 is 10.2 Å². The number of carbonyl (C=O) groups is 2. The molecule has 2 fully saturated rings. The van der Waals surface area contributed by atoms with Crippen LogP contribution in [0.15, 0.2) is 48.0 Å². The lowest BCUT2D eigenvalue weighted by molar-refractivity contribution is 0.0724. The van der Waals surface area contributed by atoms with Gasteiger partial charge in [-0.3, -0.25) is 14.6 Å². The summed E-state index contributed by atoms with van der Waals surface area (Å²) < 4.78 is 0. The molecule has 7 heteroatoms. The first-order valence-electron chi connectivity index (χ1n) is 12.5. The van der Waals surface area contributed by atoms with Crippen LogP contribution in [0, 0.1) is 0 Å². The third-order valence-corrected chi connectivity index (χ3v) is 8.28. The van der Waals surface area contributed by atoms with Gasteiger partial charge in [0.2, 0.25) is 0 Å². The van der Waals surface area contributed by atoms with E-state index in [2.05, 4.69) is 21.7 Å². The molecule has 1 saturated carbocycles. The second-order valence-electron chi connectivity index (χ2n) is 9.49. The van der Waals surface area contributed by atoms with Crippen molar-refractivity contribution in [1.29, 1.82) is 0 Å². The zero-order valence-electron chi connectivity index (χ0n) is 19.8. The summed E-state index contributed by atoms with van der Waals surface area (Å²) in [6.07, 6.45) is 10.7. The van der Waals surface area contributed by atoms with Crippen molar-refractivity contribution in [3.8, 4) is 21.6 Å². The highest BCUT2D eigenvalue weighted by Crippen LogP contribution is 2.36. The van der Waals surface area contributed by atoms with E-state index in [1.807, 2.05) is 29.2 Å². The fourth-order valence-corrected chi connectivity index (χ4v) is 6.20. The van der Waals surface area contributed by atoms with Crippen molar-refractivity contribution in [3.63, 3.8) is 0 Å². The number of rotatable bonds is 5. The minimum Gasteiger partial charge on any atom is -0.348 e. The van der Waals surface area contributed by atoms with Gasteiger partial charge in [0.15, 0.2) is 0 Å². The van der Waals surface area contributed by atoms with Gasteiger partial charge in [0.25, 0.3) is 11.8 Å². The molecular formula is C28H30ClN3O2S. The summed E-state index contributed by atoms with van der Waals surface area (Å²) in [5, 5.41) is 5.77. The standard InChI is InChI=1S/C28H30ClN3O2S/c29-24-15-20(28(34)32-13-5-2-6-14-32)9-10-23(24)21-17-26(35-18-21)19-11-12-30-25(16-19)27(33)31-22-7-3-1-4-8-22/h9-12,15-18,22H,1-8,13-14H2,(H,31,33). The monoisotopic (exact) mass is 507 g/mol. The zero-order valence-corrected chi connectivity index (χ0v) is 21.3. The van der Waals surface area contributed by atoms with Crippen LogP contribution in [-0.4, -0.2) is 40.8 Å². The molecule has 35 heavy (non-hydrogen) atoms. The predicted molar refractivity (Wildman–Crippen MR) is 142 cm³/mol. The lowest BCUT2D eigenvalue weighted by Gasteiger charge is -2.26. The van der Waals surface area contributed by atoms with E-state index in [9.17, 15) is 9.59 Å². The summed E-state index contributed by atoms with van der Waals surface area (Å²) in [7, 11) is 0. The van der Waals surface area contributed by atoms with Crippen molar-refractivity contribution >= 4 is 34.8 Å². The van der Waals surface area contributed by atoms with Crippen LogP contribution in [0.25, 0.3) is 21.6 Å². The maximum absolute atomic E-state index is 12.8. The Bertz CT molecular complexity index is 1210. The highest BCUT2D eigenvalue weighted by Gasteiger charge is 2.20. The molecule has 0 radical (unpaired) electrons. The predicted octanol–water partition coefficient (Wildman–Crippen LogP) is 6.82. The number of nitrogens with zero attached hydrogens (tertiary/aromatic N) is 2. The number of carbonyl (C=O) groups excluding carboxylic acids is 2. The summed E-state index contributed by atoms with van der Waals surface area (Å²) in [5.41, 5.74) is 3.93. The van der Waals surface area contributed by atoms with E-state index < -0.39 is 0 Å². The summed E-state index contributed by atoms with van der Waals surface area (Å²) in [5.74, 6) is -0.0486. The molecule has 1 N–H and O–H groups in total. The van der Waals surface area contributed by atoms with Crippen LogP contribution in [0.5, 0.6) is 0 Å². The Morgan fingerprint density at radius 2 is 1.71 bits per heavy atom. The topological polar surface area (TPSA) is 62.3 Å². The number of thiophene rings is 1. The number of pyridine rings is 1. The molecule has 3 heterocycles. The van der Waals surface area contributed by atoms with Gasteiger partial charge in [-0.1, -0.05) is 36.9 Å². The average Bonchev–Trinajstić information content (AvgIpc) is 3.39. The first kappa shape index (κ1) is 24.0. The molecule has 2 aliphatic rings. The van der Waals surface area contributed by atoms with E-state index in [4.69, 9.17) is 11.6 Å². The van der Waals surface area contributed by atoms with Crippen molar-refractivity contribution in [2.75, 3.05) is 13.1 Å². The molecule has 182 valence electrons. The molecule has 0 bridgehead atoms. The van der Waals surface area contributed by atoms with Crippen molar-refractivity contribution in [3.05, 3.63) is 64.3 Å². The quantitative estimate of drug-likeness (QED) is 0.412. The number of hydrogen-bond acceptors (Lipinski definition) is 4. The molecule has 1 aliphatic carbocycles. The smallest absolute Gasteiger partial charge is 0.270 e. The van der Waals surface area contributed by atoms with E-state index in [0.717, 1.165) is 60.3 Å². The number of piperidine rings is 1. The van der Waals surface area contributed by atoms with E-state index in [0.29, 0.717) is 16.3 Å². The first-order chi connectivity index (χ1) is 17.1. The second-order valence-corrected chi connectivity index (χ2v) is 10.8. The van der Waals surface area contributed by atoms with E-state index in [1.54, 1.807) is 23.6 Å². The van der Waals surface area contributed by atoms with Crippen LogP contribution in [0.1, 0.15) is 72.2 Å². The summed E-state index contributed by atoms with van der Waals surface area (Å²) >= 11 is 8.23. The number of benzene rings is 1. The molecule has 1 saturated heterocycles. The van der Waals surface area contributed by atoms with Crippen molar-refractivity contribution in [1.82, 2.24) is 15.2 Å². The van der Waals surface area contributed by atoms with Crippen LogP contribution in [-0.2, 0) is 0 Å². The Balaban J connectivity index is 1.31. The highest BCUT2D eigenvalue weighted by atomic mass is 35.5. The normalized spacial score (nSPS) is 16.8. The summed E-state index contributed by atoms with van der Waals surface area (Å²) in [6, 6.07) is 11.7. The molecule has 1 aromatic carbocycles. The van der Waals surface area contributed by atoms with Crippen molar-refractivity contribution in [2.24, 2.45) is 0 Å². The zero-order chi connectivity index (χ0) is 24.2. The van der Waals surface area contributed by atoms with Crippen LogP contribution in [0.3, 0.4) is 0 Å². The SMILES string of the molecule is O=C(NC1CCCCC1)c1cc(-c2cc(-c3ccc(C(=O)N4CCCCC4)cc3Cl)cs2)ccn1. The van der Waals surface area contributed by atoms with Crippen LogP contribution >= 0.6 is 22.9 Å². The Hall–Kier alpha value is -2.70. The highest BCUT2D eigenvalue weighted by molar-refractivity contribution is 7.14. The lowest BCUT2D eigenvalue weighted by Crippen LogP contribution is -2.36. The number of halogens is 1. The van der Waals surface area contributed by atoms with Gasteiger partial charge in [0.1, 0.15) is 5.69 Å². The average molecular weight is 508 g/mol. The second kappa shape index (κ2) is 10.9. The summed E-state index contributed by atoms with van der Waals surface area (Å²) in [6.45, 7) is 1.64. The van der Waals surface area contributed by atoms with Crippen molar-refractivity contribution in [2.45, 2.75) is 57.4 Å². The number of aromatic nitrogens is 1. The minimum atomic E-state index is -0.104. The number of hydrogen-bond donors (Lipinski definition) is 1. The fourth-order valence-electron chi connectivity index (χ4n) is 5.00. The van der Waals surface area contributed by atoms with Crippen LogP contribution < -0.4 is 5.32 Å². The van der Waals surface area contributed by atoms with Crippen molar-refractivity contribution < 1.29 is 9.59 Å². The molecule has 1 aliphatic heterocycles. The Morgan fingerprint density at radius 3 is 2.49 bits per heavy atom. The largest absolute Gasteiger partial charge is 0.348 e. The van der Waals surface area contributed by atoms with Gasteiger partial charge >= 0.3 is 0 Å². The number of amides is 2. The Morgan fingerprint density at radius 1 is 0.943 bits per heavy atom. The van der Waals surface area contributed by atoms with Gasteiger partial charge in [-0.2, -0.15) is 0 Å². The number of likely N-dealkylation sites (tertiary alicyclic amines) is 1. The van der Waals surface area contributed by atoms with E-state index in [1.165, 1.54) is 25.7 Å². The number of nitrogens with one attached hydrogen (secondary N) is 1. The Labute approximate surface area is 215 Å². The lowest BCUT2D eigenvalue weighted by atomic mass is 9.95. The maximum atomic E-state index is 12.8. The molecule has 2 aromatic heterocycles. The van der Waals surface area contributed by atoms with E-state index >= 15 is 0 Å². The fraction of sp³-hybridized carbons (Fsp3) is 0.393. The Kier molecular flexibility index (Phi) is 7.49. The molecule has 5 nitrogen and oxygen atoms in total. The molecule has 5 rings (SSSR count). The molecular weight excluding hydrogens is 478 g/mol. The third-order valence-electron chi connectivity index (χ3n) is 6.99. The van der Waals surface area contributed by atoms with Gasteiger partial charge in [0.05, 0.1) is 0 Å². The van der Waals surface area contributed by atoms with Gasteiger partial charge in [-0.05, 0) is 78.9 Å². The molecule has 0 unspecified atom stereocenters. The van der Waals surface area contributed by atoms with Crippen LogP contribution in [0.4, 0.5) is 0 Å². The van der Waals surface area contributed by atoms with Gasteiger partial charge in [0, 0.05) is 46.4 Å². The minimum absolute atomic E-state index is 0.0555. The van der Waals surface area contributed by atoms with Gasteiger partial charge in [-0.15, -0.1) is 11.3 Å². The third kappa shape index (κ3) is 5.60. The maximum Gasteiger partial charge on any atom is 0.270 e. The molecule has 0 spiro atoms. The van der Waals surface area contributed by atoms with Gasteiger partial charge in [-0.25, -0.2) is 0 Å². The molecule has 2 amide bonds. The first-order valence-corrected chi connectivity index (χ1v) is 13.8. The summed E-state index contributed by atoms with van der Waals surface area (Å²) in [4.78, 5) is 32.9. The molecule has 0 atom stereocenters.